The van der Waals surface area contributed by atoms with E-state index in [9.17, 15) is 10.2 Å². The Morgan fingerprint density at radius 2 is 0.879 bits per heavy atom. The summed E-state index contributed by atoms with van der Waals surface area (Å²) in [5.74, 6) is 1.95. The number of benzene rings is 4. The van der Waals surface area contributed by atoms with Crippen molar-refractivity contribution in [3.8, 4) is 23.0 Å². The lowest BCUT2D eigenvalue weighted by Crippen LogP contribution is -2.33. The van der Waals surface area contributed by atoms with Gasteiger partial charge in [0.05, 0.1) is 6.54 Å². The van der Waals surface area contributed by atoms with Crippen molar-refractivity contribution < 1.29 is 19.7 Å². The van der Waals surface area contributed by atoms with Gasteiger partial charge in [-0.3, -0.25) is 5.41 Å². The second-order valence-corrected chi connectivity index (χ2v) is 20.2. The predicted octanol–water partition coefficient (Wildman–Crippen LogP) is 9.88. The molecule has 0 spiro atoms. The molecule has 0 atom stereocenters. The molecule has 316 valence electrons. The van der Waals surface area contributed by atoms with Crippen LogP contribution in [-0.4, -0.2) is 42.5 Å². The van der Waals surface area contributed by atoms with Crippen LogP contribution in [0, 0.1) is 19.3 Å². The number of nitrogens with two attached hydrogens (primary N) is 2. The van der Waals surface area contributed by atoms with Crippen LogP contribution in [0.3, 0.4) is 0 Å². The van der Waals surface area contributed by atoms with E-state index in [1.807, 2.05) is 6.92 Å². The summed E-state index contributed by atoms with van der Waals surface area (Å²) in [6, 6.07) is 17.3. The standard InChI is InChI=1S/C50H72N4O4/c1-30-19-38(47(3,4)5)24-32(42(30)55)21-36-28-41(50(12,13)14)29-37(45(36)57-17-15-51)23-34-26-40(49(9,10)11)25-33(43(34)56)22-35-27-39(48(6,7)8)20-31(2)44(35)58-18-16-54-46(52)53/h19-20,24-29,55-56H,15-18,21-23,51H2,1-14H3,(H4,52,53,54). The van der Waals surface area contributed by atoms with Crippen LogP contribution in [0.25, 0.3) is 0 Å². The quantitative estimate of drug-likeness (QED) is 0.0449. The average molecular weight is 793 g/mol. The molecule has 8 nitrogen and oxygen atoms in total. The van der Waals surface area contributed by atoms with Crippen LogP contribution in [-0.2, 0) is 40.9 Å². The zero-order valence-corrected chi connectivity index (χ0v) is 37.9. The molecule has 8 N–H and O–H groups in total. The molecule has 0 amide bonds. The van der Waals surface area contributed by atoms with Crippen molar-refractivity contribution in [1.29, 1.82) is 5.41 Å². The minimum absolute atomic E-state index is 0.0931. The van der Waals surface area contributed by atoms with Crippen LogP contribution in [0.2, 0.25) is 0 Å². The topological polar surface area (TPSA) is 147 Å². The first-order valence-electron chi connectivity index (χ1n) is 20.7. The normalized spacial score (nSPS) is 12.5. The van der Waals surface area contributed by atoms with Crippen LogP contribution >= 0.6 is 0 Å². The van der Waals surface area contributed by atoms with Gasteiger partial charge in [-0.05, 0) is 102 Å². The highest BCUT2D eigenvalue weighted by Gasteiger charge is 2.26. The van der Waals surface area contributed by atoms with Gasteiger partial charge in [0.25, 0.3) is 0 Å². The third-order valence-corrected chi connectivity index (χ3v) is 10.9. The first-order chi connectivity index (χ1) is 26.7. The molecule has 0 unspecified atom stereocenters. The zero-order valence-electron chi connectivity index (χ0n) is 37.9. The Kier molecular flexibility index (Phi) is 14.0. The molecule has 0 saturated heterocycles. The molecule has 4 aromatic carbocycles. The highest BCUT2D eigenvalue weighted by atomic mass is 16.5. The smallest absolute Gasteiger partial charge is 0.185 e. The number of hydrogen-bond acceptors (Lipinski definition) is 6. The van der Waals surface area contributed by atoms with Crippen molar-refractivity contribution in [2.75, 3.05) is 26.3 Å². The summed E-state index contributed by atoms with van der Waals surface area (Å²) >= 11 is 0. The number of nitrogens with one attached hydrogen (secondary N) is 2. The SMILES string of the molecule is Cc1cc(C(C)(C)C)cc(Cc2cc(C(C)(C)C)cc(Cc3cc(C(C)(C)C)cc(Cc4cc(C(C)(C)C)cc(C)c4OCCNC(=N)N)c3O)c2OCCN)c1O. The molecule has 58 heavy (non-hydrogen) atoms. The summed E-state index contributed by atoms with van der Waals surface area (Å²) in [4.78, 5) is 0. The van der Waals surface area contributed by atoms with Gasteiger partial charge in [-0.2, -0.15) is 0 Å². The highest BCUT2D eigenvalue weighted by molar-refractivity contribution is 5.74. The highest BCUT2D eigenvalue weighted by Crippen LogP contribution is 2.42. The maximum atomic E-state index is 12.4. The summed E-state index contributed by atoms with van der Waals surface area (Å²) in [5.41, 5.74) is 22.9. The van der Waals surface area contributed by atoms with E-state index in [1.165, 1.54) is 5.56 Å². The van der Waals surface area contributed by atoms with Crippen LogP contribution in [0.1, 0.15) is 150 Å². The van der Waals surface area contributed by atoms with Gasteiger partial charge in [0.15, 0.2) is 5.96 Å². The minimum atomic E-state index is -0.206. The van der Waals surface area contributed by atoms with Crippen molar-refractivity contribution in [2.24, 2.45) is 11.5 Å². The largest absolute Gasteiger partial charge is 0.507 e. The summed E-state index contributed by atoms with van der Waals surface area (Å²) < 4.78 is 12.9. The van der Waals surface area contributed by atoms with E-state index in [0.29, 0.717) is 51.3 Å². The van der Waals surface area contributed by atoms with Crippen molar-refractivity contribution >= 4 is 5.96 Å². The summed E-state index contributed by atoms with van der Waals surface area (Å²) in [6.07, 6.45) is 1.35. The number of aromatic hydroxyl groups is 2. The van der Waals surface area contributed by atoms with E-state index in [-0.39, 0.29) is 33.4 Å². The maximum absolute atomic E-state index is 12.4. The fraction of sp³-hybridized carbons (Fsp3) is 0.500. The Labute approximate surface area is 349 Å². The Morgan fingerprint density at radius 1 is 0.534 bits per heavy atom. The zero-order chi connectivity index (χ0) is 43.5. The van der Waals surface area contributed by atoms with Gasteiger partial charge in [-0.15, -0.1) is 0 Å². The van der Waals surface area contributed by atoms with Gasteiger partial charge in [0.2, 0.25) is 0 Å². The Morgan fingerprint density at radius 3 is 1.28 bits per heavy atom. The van der Waals surface area contributed by atoms with E-state index >= 15 is 0 Å². The van der Waals surface area contributed by atoms with Crippen LogP contribution in [0.5, 0.6) is 23.0 Å². The Balaban J connectivity index is 1.94. The molecular formula is C50H72N4O4. The van der Waals surface area contributed by atoms with Crippen molar-refractivity contribution in [3.63, 3.8) is 0 Å². The third kappa shape index (κ3) is 11.5. The van der Waals surface area contributed by atoms with Gasteiger partial charge in [0, 0.05) is 25.8 Å². The summed E-state index contributed by atoms with van der Waals surface area (Å²) in [7, 11) is 0. The molecule has 0 heterocycles. The molecule has 4 rings (SSSR count). The number of ether oxygens (including phenoxy) is 2. The molecule has 8 heteroatoms. The Bertz CT molecular complexity index is 2110. The number of phenolic OH excluding ortho intramolecular Hbond substituents is 2. The molecule has 0 aromatic heterocycles. The molecule has 0 fully saturated rings. The summed E-state index contributed by atoms with van der Waals surface area (Å²) in [6.45, 7) is 31.8. The van der Waals surface area contributed by atoms with E-state index in [2.05, 4.69) is 144 Å². The second-order valence-electron chi connectivity index (χ2n) is 20.2. The van der Waals surface area contributed by atoms with Crippen LogP contribution in [0.15, 0.2) is 48.5 Å². The molecular weight excluding hydrogens is 721 g/mol. The first kappa shape index (κ1) is 46.0. The number of hydrogen-bond donors (Lipinski definition) is 6. The number of phenols is 2. The Hall–Kier alpha value is -4.69. The number of aryl methyl sites for hydroxylation is 2. The fourth-order valence-corrected chi connectivity index (χ4v) is 7.25. The maximum Gasteiger partial charge on any atom is 0.185 e. The lowest BCUT2D eigenvalue weighted by molar-refractivity contribution is 0.317. The van der Waals surface area contributed by atoms with Gasteiger partial charge in [-0.25, -0.2) is 0 Å². The van der Waals surface area contributed by atoms with Crippen molar-refractivity contribution in [3.05, 3.63) is 115 Å². The van der Waals surface area contributed by atoms with Gasteiger partial charge < -0.3 is 36.5 Å². The molecule has 0 aliphatic carbocycles. The monoisotopic (exact) mass is 793 g/mol. The van der Waals surface area contributed by atoms with E-state index in [4.69, 9.17) is 26.4 Å². The van der Waals surface area contributed by atoms with Crippen molar-refractivity contribution in [2.45, 2.75) is 138 Å². The van der Waals surface area contributed by atoms with Gasteiger partial charge >= 0.3 is 0 Å². The molecule has 0 saturated carbocycles. The third-order valence-electron chi connectivity index (χ3n) is 10.9. The first-order valence-corrected chi connectivity index (χ1v) is 20.7. The van der Waals surface area contributed by atoms with E-state index in [0.717, 1.165) is 72.7 Å². The average Bonchev–Trinajstić information content (AvgIpc) is 3.08. The number of guanidine groups is 1. The summed E-state index contributed by atoms with van der Waals surface area (Å²) in [5, 5.41) is 34.2. The molecule has 0 aliphatic rings. The lowest BCUT2D eigenvalue weighted by atomic mass is 9.80. The molecule has 0 radical (unpaired) electrons. The lowest BCUT2D eigenvalue weighted by Gasteiger charge is -2.27. The number of rotatable bonds is 13. The predicted molar refractivity (Wildman–Crippen MR) is 242 cm³/mol. The van der Waals surface area contributed by atoms with Crippen LogP contribution < -0.4 is 26.3 Å². The van der Waals surface area contributed by atoms with Gasteiger partial charge in [-0.1, -0.05) is 132 Å². The van der Waals surface area contributed by atoms with E-state index in [1.54, 1.807) is 0 Å². The van der Waals surface area contributed by atoms with Crippen molar-refractivity contribution in [1.82, 2.24) is 5.32 Å². The minimum Gasteiger partial charge on any atom is -0.507 e. The van der Waals surface area contributed by atoms with E-state index < -0.39 is 0 Å². The molecule has 4 aromatic rings. The molecule has 0 bridgehead atoms. The second kappa shape index (κ2) is 17.7. The van der Waals surface area contributed by atoms with Gasteiger partial charge in [0.1, 0.15) is 36.2 Å². The van der Waals surface area contributed by atoms with Crippen LogP contribution in [0.4, 0.5) is 0 Å². The fourth-order valence-electron chi connectivity index (χ4n) is 7.25. The molecule has 0 aliphatic heterocycles.